The highest BCUT2D eigenvalue weighted by atomic mass is 19.4. The molecule has 2 amide bonds. The van der Waals surface area contributed by atoms with E-state index in [1.165, 1.54) is 31.2 Å². The van der Waals surface area contributed by atoms with Gasteiger partial charge in [-0.1, -0.05) is 0 Å². The molecule has 1 aliphatic carbocycles. The van der Waals surface area contributed by atoms with Crippen LogP contribution in [0.1, 0.15) is 30.1 Å². The van der Waals surface area contributed by atoms with Crippen LogP contribution in [0.15, 0.2) is 24.3 Å². The third-order valence-electron chi connectivity index (χ3n) is 3.19. The molecule has 1 atom stereocenters. The molecule has 0 radical (unpaired) electrons. The molecule has 0 saturated heterocycles. The third kappa shape index (κ3) is 5.90. The molecule has 0 aromatic heterocycles. The molecule has 1 unspecified atom stereocenters. The molecule has 2 N–H and O–H groups in total. The first-order valence-corrected chi connectivity index (χ1v) is 7.15. The highest BCUT2D eigenvalue weighted by molar-refractivity contribution is 5.96. The minimum Gasteiger partial charge on any atom is -0.359 e. The van der Waals surface area contributed by atoms with Crippen LogP contribution < -0.4 is 10.6 Å². The highest BCUT2D eigenvalue weighted by Crippen LogP contribution is 2.20. The lowest BCUT2D eigenvalue weighted by atomic mass is 10.2. The molecule has 0 bridgehead atoms. The van der Waals surface area contributed by atoms with E-state index in [1.54, 1.807) is 0 Å². The van der Waals surface area contributed by atoms with Crippen LogP contribution in [0.5, 0.6) is 0 Å². The first kappa shape index (κ1) is 17.3. The van der Waals surface area contributed by atoms with E-state index in [9.17, 15) is 22.8 Å². The van der Waals surface area contributed by atoms with Crippen molar-refractivity contribution in [3.8, 4) is 0 Å². The molecular weight excluding hydrogens is 313 g/mol. The van der Waals surface area contributed by atoms with E-state index in [0.717, 1.165) is 12.8 Å². The van der Waals surface area contributed by atoms with E-state index in [0.29, 0.717) is 11.3 Å². The average molecular weight is 330 g/mol. The number of amides is 2. The van der Waals surface area contributed by atoms with E-state index in [1.807, 2.05) is 0 Å². The topological polar surface area (TPSA) is 67.4 Å². The average Bonchev–Trinajstić information content (AvgIpc) is 3.28. The summed E-state index contributed by atoms with van der Waals surface area (Å²) in [6, 6.07) is 6.34. The Balaban J connectivity index is 1.84. The summed E-state index contributed by atoms with van der Waals surface area (Å²) in [5, 5.41) is 5.26. The molecule has 126 valence electrons. The molecule has 5 nitrogen and oxygen atoms in total. The van der Waals surface area contributed by atoms with Gasteiger partial charge in [0.2, 0.25) is 0 Å². The van der Waals surface area contributed by atoms with Gasteiger partial charge in [-0.2, -0.15) is 13.2 Å². The van der Waals surface area contributed by atoms with E-state index in [-0.39, 0.29) is 11.9 Å². The Morgan fingerprint density at radius 2 is 1.87 bits per heavy atom. The molecular formula is C15H17F3N2O3. The molecule has 0 aliphatic heterocycles. The van der Waals surface area contributed by atoms with Crippen molar-refractivity contribution in [2.24, 2.45) is 0 Å². The standard InChI is InChI=1S/C15H17F3N2O3/c1-9(23-8-15(16,17)18)13(21)19-11-4-2-10(3-5-11)14(22)20-12-6-7-12/h2-5,9,12H,6-8H2,1H3,(H,19,21)(H,20,22). The Bertz CT molecular complexity index is 568. The maximum absolute atomic E-state index is 12.0. The van der Waals surface area contributed by atoms with Gasteiger partial charge in [0.25, 0.3) is 11.8 Å². The predicted molar refractivity (Wildman–Crippen MR) is 77.0 cm³/mol. The van der Waals surface area contributed by atoms with Crippen molar-refractivity contribution in [2.75, 3.05) is 11.9 Å². The number of ether oxygens (including phenoxy) is 1. The number of anilines is 1. The highest BCUT2D eigenvalue weighted by Gasteiger charge is 2.30. The van der Waals surface area contributed by atoms with Crippen LogP contribution in [0, 0.1) is 0 Å². The van der Waals surface area contributed by atoms with Crippen molar-refractivity contribution in [1.29, 1.82) is 0 Å². The second-order valence-electron chi connectivity index (χ2n) is 5.38. The molecule has 1 aromatic rings. The number of alkyl halides is 3. The van der Waals surface area contributed by atoms with Gasteiger partial charge in [-0.15, -0.1) is 0 Å². The second kappa shape index (κ2) is 6.99. The Hall–Kier alpha value is -2.09. The zero-order valence-electron chi connectivity index (χ0n) is 12.4. The van der Waals surface area contributed by atoms with Gasteiger partial charge in [0.05, 0.1) is 0 Å². The minimum absolute atomic E-state index is 0.188. The fraction of sp³-hybridized carbons (Fsp3) is 0.467. The molecule has 23 heavy (non-hydrogen) atoms. The van der Waals surface area contributed by atoms with E-state index in [2.05, 4.69) is 15.4 Å². The summed E-state index contributed by atoms with van der Waals surface area (Å²) in [6.45, 7) is -0.250. The number of carbonyl (C=O) groups excluding carboxylic acids is 2. The zero-order chi connectivity index (χ0) is 17.0. The van der Waals surface area contributed by atoms with Crippen molar-refractivity contribution in [3.05, 3.63) is 29.8 Å². The van der Waals surface area contributed by atoms with Gasteiger partial charge >= 0.3 is 6.18 Å². The second-order valence-corrected chi connectivity index (χ2v) is 5.38. The Morgan fingerprint density at radius 1 is 1.26 bits per heavy atom. The molecule has 1 aromatic carbocycles. The van der Waals surface area contributed by atoms with Gasteiger partial charge in [0.1, 0.15) is 12.7 Å². The van der Waals surface area contributed by atoms with E-state index in [4.69, 9.17) is 0 Å². The molecule has 1 aliphatic rings. The van der Waals surface area contributed by atoms with Gasteiger partial charge in [-0.05, 0) is 44.0 Å². The van der Waals surface area contributed by atoms with Crippen molar-refractivity contribution in [1.82, 2.24) is 5.32 Å². The Labute approximate surface area is 131 Å². The van der Waals surface area contributed by atoms with Gasteiger partial charge in [-0.3, -0.25) is 9.59 Å². The summed E-state index contributed by atoms with van der Waals surface area (Å²) in [7, 11) is 0. The Kier molecular flexibility index (Phi) is 5.25. The molecule has 2 rings (SSSR count). The number of hydrogen-bond acceptors (Lipinski definition) is 3. The summed E-state index contributed by atoms with van der Waals surface area (Å²) in [5.41, 5.74) is 0.830. The van der Waals surface area contributed by atoms with Crippen LogP contribution in [-0.2, 0) is 9.53 Å². The maximum Gasteiger partial charge on any atom is 0.411 e. The van der Waals surface area contributed by atoms with Crippen molar-refractivity contribution < 1.29 is 27.5 Å². The molecule has 1 saturated carbocycles. The lowest BCUT2D eigenvalue weighted by molar-refractivity contribution is -0.184. The number of hydrogen-bond donors (Lipinski definition) is 2. The fourth-order valence-electron chi connectivity index (χ4n) is 1.74. The summed E-state index contributed by atoms with van der Waals surface area (Å²) < 4.78 is 40.5. The Morgan fingerprint density at radius 3 is 2.39 bits per heavy atom. The first-order valence-electron chi connectivity index (χ1n) is 7.15. The van der Waals surface area contributed by atoms with E-state index < -0.39 is 24.8 Å². The van der Waals surface area contributed by atoms with Crippen LogP contribution in [0.4, 0.5) is 18.9 Å². The summed E-state index contributed by atoms with van der Waals surface area (Å²) in [6.07, 6.45) is -3.76. The molecule has 0 heterocycles. The summed E-state index contributed by atoms with van der Waals surface area (Å²) in [5.74, 6) is -0.878. The minimum atomic E-state index is -4.48. The molecule has 0 spiro atoms. The lowest BCUT2D eigenvalue weighted by Gasteiger charge is -2.14. The van der Waals surface area contributed by atoms with E-state index >= 15 is 0 Å². The summed E-state index contributed by atoms with van der Waals surface area (Å²) >= 11 is 0. The zero-order valence-corrected chi connectivity index (χ0v) is 12.4. The van der Waals surface area contributed by atoms with Crippen LogP contribution in [0.3, 0.4) is 0 Å². The van der Waals surface area contributed by atoms with Gasteiger partial charge < -0.3 is 15.4 Å². The van der Waals surface area contributed by atoms with Crippen molar-refractivity contribution in [3.63, 3.8) is 0 Å². The van der Waals surface area contributed by atoms with Gasteiger partial charge in [0, 0.05) is 17.3 Å². The molecule has 8 heteroatoms. The number of nitrogens with one attached hydrogen (secondary N) is 2. The monoisotopic (exact) mass is 330 g/mol. The van der Waals surface area contributed by atoms with Crippen LogP contribution in [0.2, 0.25) is 0 Å². The number of benzene rings is 1. The number of carbonyl (C=O) groups is 2. The third-order valence-corrected chi connectivity index (χ3v) is 3.19. The van der Waals surface area contributed by atoms with Crippen molar-refractivity contribution in [2.45, 2.75) is 38.1 Å². The number of rotatable bonds is 6. The predicted octanol–water partition coefficient (Wildman–Crippen LogP) is 2.48. The largest absolute Gasteiger partial charge is 0.411 e. The first-order chi connectivity index (χ1) is 10.7. The summed E-state index contributed by atoms with van der Waals surface area (Å²) in [4.78, 5) is 23.5. The quantitative estimate of drug-likeness (QED) is 0.842. The lowest BCUT2D eigenvalue weighted by Crippen LogP contribution is -2.31. The van der Waals surface area contributed by atoms with Crippen molar-refractivity contribution >= 4 is 17.5 Å². The molecule has 1 fully saturated rings. The fourth-order valence-corrected chi connectivity index (χ4v) is 1.74. The van der Waals surface area contributed by atoms with Gasteiger partial charge in [-0.25, -0.2) is 0 Å². The maximum atomic E-state index is 12.0. The smallest absolute Gasteiger partial charge is 0.359 e. The normalized spacial score (nSPS) is 15.8. The van der Waals surface area contributed by atoms with Crippen LogP contribution in [-0.4, -0.2) is 36.7 Å². The number of halogens is 3. The van der Waals surface area contributed by atoms with Gasteiger partial charge in [0.15, 0.2) is 0 Å². The van der Waals surface area contributed by atoms with Crippen LogP contribution >= 0.6 is 0 Å². The van der Waals surface area contributed by atoms with Crippen LogP contribution in [0.25, 0.3) is 0 Å². The SMILES string of the molecule is CC(OCC(F)(F)F)C(=O)Nc1ccc(C(=O)NC2CC2)cc1.